The molecule has 0 unspecified atom stereocenters. The van der Waals surface area contributed by atoms with Crippen LogP contribution in [0.1, 0.15) is 76.5 Å². The second-order valence-electron chi connectivity index (χ2n) is 15.8. The Labute approximate surface area is 366 Å². The summed E-state index contributed by atoms with van der Waals surface area (Å²) >= 11 is 6.60. The summed E-state index contributed by atoms with van der Waals surface area (Å²) < 4.78 is 42.3. The molecule has 2 atom stereocenters. The molecule has 0 aliphatic heterocycles. The van der Waals surface area contributed by atoms with Gasteiger partial charge in [-0.2, -0.15) is 10.2 Å². The zero-order chi connectivity index (χ0) is 43.6. The van der Waals surface area contributed by atoms with Crippen LogP contribution in [0.4, 0.5) is 8.78 Å². The fourth-order valence-corrected chi connectivity index (χ4v) is 9.16. The number of nitrogens with zero attached hydrogens (tertiary/aromatic N) is 4. The number of Topliss-reactive ketones (excluding diaryl/α,β-unsaturated/α-hetero) is 1. The number of aromatic nitrogens is 6. The van der Waals surface area contributed by atoms with Gasteiger partial charge in [-0.25, -0.2) is 18.9 Å². The number of hydrogen-bond donors (Lipinski definition) is 2. The number of rotatable bonds is 15. The first-order valence-corrected chi connectivity index (χ1v) is 21.2. The van der Waals surface area contributed by atoms with Crippen LogP contribution in [0.3, 0.4) is 0 Å². The van der Waals surface area contributed by atoms with Crippen molar-refractivity contribution in [2.24, 2.45) is 7.05 Å². The molecule has 8 aromatic rings. The maximum Gasteiger partial charge on any atom is 0.272 e. The molecule has 5 aromatic carbocycles. The van der Waals surface area contributed by atoms with Gasteiger partial charge in [-0.3, -0.25) is 14.3 Å². The van der Waals surface area contributed by atoms with Crippen molar-refractivity contribution < 1.29 is 23.0 Å². The number of carbonyl (C=O) groups excluding carboxylic acids is 1. The molecule has 0 radical (unpaired) electrons. The lowest BCUT2D eigenvalue weighted by molar-refractivity contribution is -0.123. The number of ketones is 1. The van der Waals surface area contributed by atoms with Gasteiger partial charge in [0.05, 0.1) is 35.2 Å². The van der Waals surface area contributed by atoms with Crippen molar-refractivity contribution in [3.05, 3.63) is 188 Å². The van der Waals surface area contributed by atoms with E-state index in [1.807, 2.05) is 67.8 Å². The van der Waals surface area contributed by atoms with Gasteiger partial charge in [0.1, 0.15) is 36.1 Å². The molecule has 1 aliphatic carbocycles. The molecule has 63 heavy (non-hydrogen) atoms. The number of aromatic amines is 2. The molecule has 0 bridgehead atoms. The standard InChI is InChI=1S/C50H43ClF2N6O4/c1-3-39(40-15-12-35(52)26-43(40)51)45(33-11-16-44-32(22-33)17-18-54-44)31-9-13-38(14-10-31)63-20-4-19-62-27-37(60)21-29-5-7-30(8-6-29)41-24-34-23-36(53)25-42-46(34)48(57-58-50(42)61)47(41)49-55-28-56-59(49)2/h5-18,22-23,25-26,28,41,47,54H,3-4,19-21,24,27H2,1-2H3,(H,58,61)/b45-39+/t41-,47-/m1/s1. The zero-order valence-electron chi connectivity index (χ0n) is 34.6. The van der Waals surface area contributed by atoms with E-state index in [2.05, 4.69) is 50.4 Å². The SMILES string of the molecule is CC/C(=C(/c1ccc(OCCCOCC(=O)Cc2ccc([C@H]3Cc4cc(F)cc5c(=O)[nH]nc(c45)[C@@H]3c3ncnn3C)cc2)cc1)c1ccc2[nH]ccc2c1)c1ccc(F)cc1Cl. The Kier molecular flexibility index (Phi) is 11.8. The normalized spacial score (nSPS) is 15.2. The summed E-state index contributed by atoms with van der Waals surface area (Å²) in [5, 5.41) is 13.7. The molecule has 1 aliphatic rings. The van der Waals surface area contributed by atoms with Crippen LogP contribution in [0.2, 0.25) is 5.02 Å². The molecule has 0 saturated carbocycles. The minimum absolute atomic E-state index is 0.0228. The molecule has 2 N–H and O–H groups in total. The minimum atomic E-state index is -0.479. The van der Waals surface area contributed by atoms with Gasteiger partial charge in [0.25, 0.3) is 5.56 Å². The fourth-order valence-electron chi connectivity index (χ4n) is 8.88. The summed E-state index contributed by atoms with van der Waals surface area (Å²) in [7, 11) is 1.81. The molecule has 13 heteroatoms. The van der Waals surface area contributed by atoms with Crippen LogP contribution in [0, 0.1) is 11.6 Å². The van der Waals surface area contributed by atoms with Crippen molar-refractivity contribution in [1.29, 1.82) is 0 Å². The van der Waals surface area contributed by atoms with E-state index in [1.54, 1.807) is 10.7 Å². The van der Waals surface area contributed by atoms with E-state index in [1.165, 1.54) is 30.6 Å². The molecular weight excluding hydrogens is 822 g/mol. The van der Waals surface area contributed by atoms with Crippen LogP contribution in [-0.4, -0.2) is 55.5 Å². The minimum Gasteiger partial charge on any atom is -0.494 e. The number of allylic oxidation sites excluding steroid dienone is 1. The van der Waals surface area contributed by atoms with E-state index in [4.69, 9.17) is 21.1 Å². The first kappa shape index (κ1) is 41.6. The topological polar surface area (TPSA) is 128 Å². The molecule has 0 amide bonds. The van der Waals surface area contributed by atoms with E-state index < -0.39 is 11.4 Å². The lowest BCUT2D eigenvalue weighted by Crippen LogP contribution is -2.27. The van der Waals surface area contributed by atoms with Gasteiger partial charge in [-0.05, 0) is 117 Å². The van der Waals surface area contributed by atoms with Crippen LogP contribution < -0.4 is 10.3 Å². The third kappa shape index (κ3) is 8.56. The van der Waals surface area contributed by atoms with Crippen LogP contribution in [-0.2, 0) is 29.4 Å². The molecule has 0 saturated heterocycles. The fraction of sp³-hybridized carbons (Fsp3) is 0.220. The van der Waals surface area contributed by atoms with Crippen LogP contribution in [0.25, 0.3) is 32.8 Å². The van der Waals surface area contributed by atoms with Gasteiger partial charge in [0, 0.05) is 42.9 Å². The number of fused-ring (bicyclic) bond motifs is 1. The smallest absolute Gasteiger partial charge is 0.272 e. The highest BCUT2D eigenvalue weighted by molar-refractivity contribution is 6.32. The highest BCUT2D eigenvalue weighted by Gasteiger charge is 2.38. The van der Waals surface area contributed by atoms with Gasteiger partial charge in [0.2, 0.25) is 0 Å². The summed E-state index contributed by atoms with van der Waals surface area (Å²) in [6.45, 7) is 2.81. The predicted octanol–water partition coefficient (Wildman–Crippen LogP) is 9.90. The summed E-state index contributed by atoms with van der Waals surface area (Å²) in [4.78, 5) is 33.4. The van der Waals surface area contributed by atoms with E-state index >= 15 is 0 Å². The maximum atomic E-state index is 14.7. The lowest BCUT2D eigenvalue weighted by Gasteiger charge is -2.32. The number of aryl methyl sites for hydroxylation is 1. The van der Waals surface area contributed by atoms with Gasteiger partial charge in [0.15, 0.2) is 5.78 Å². The predicted molar refractivity (Wildman–Crippen MR) is 240 cm³/mol. The van der Waals surface area contributed by atoms with E-state index in [9.17, 15) is 18.4 Å². The van der Waals surface area contributed by atoms with Crippen LogP contribution in [0.15, 0.2) is 120 Å². The van der Waals surface area contributed by atoms with Gasteiger partial charge < -0.3 is 14.5 Å². The van der Waals surface area contributed by atoms with Gasteiger partial charge >= 0.3 is 0 Å². The average molecular weight is 865 g/mol. The Morgan fingerprint density at radius 1 is 0.921 bits per heavy atom. The number of hydrogen-bond acceptors (Lipinski definition) is 7. The van der Waals surface area contributed by atoms with Gasteiger partial charge in [-0.1, -0.05) is 67.1 Å². The Balaban J connectivity index is 0.804. The van der Waals surface area contributed by atoms with E-state index in [-0.39, 0.29) is 41.9 Å². The molecule has 10 nitrogen and oxygen atoms in total. The molecular formula is C50H43ClF2N6O4. The third-order valence-electron chi connectivity index (χ3n) is 11.8. The molecule has 3 heterocycles. The number of H-pyrrole nitrogens is 2. The first-order chi connectivity index (χ1) is 30.6. The van der Waals surface area contributed by atoms with Crippen molar-refractivity contribution in [2.75, 3.05) is 19.8 Å². The van der Waals surface area contributed by atoms with Crippen molar-refractivity contribution in [3.63, 3.8) is 0 Å². The Hall–Kier alpha value is -6.76. The van der Waals surface area contributed by atoms with E-state index in [0.717, 1.165) is 49.9 Å². The number of ether oxygens (including phenoxy) is 2. The Morgan fingerprint density at radius 3 is 2.49 bits per heavy atom. The molecule has 0 fully saturated rings. The highest BCUT2D eigenvalue weighted by Crippen LogP contribution is 2.46. The van der Waals surface area contributed by atoms with Crippen molar-refractivity contribution in [1.82, 2.24) is 29.9 Å². The van der Waals surface area contributed by atoms with Crippen LogP contribution >= 0.6 is 11.6 Å². The van der Waals surface area contributed by atoms with Crippen molar-refractivity contribution in [3.8, 4) is 5.75 Å². The first-order valence-electron chi connectivity index (χ1n) is 20.9. The Morgan fingerprint density at radius 2 is 1.73 bits per heavy atom. The van der Waals surface area contributed by atoms with Crippen molar-refractivity contribution in [2.45, 2.75) is 44.4 Å². The number of benzene rings is 5. The lowest BCUT2D eigenvalue weighted by atomic mass is 9.73. The largest absolute Gasteiger partial charge is 0.494 e. The summed E-state index contributed by atoms with van der Waals surface area (Å²) in [6.07, 6.45) is 5.33. The monoisotopic (exact) mass is 864 g/mol. The van der Waals surface area contributed by atoms with E-state index in [0.29, 0.717) is 65.7 Å². The Bertz CT molecular complexity index is 3070. The zero-order valence-corrected chi connectivity index (χ0v) is 35.4. The van der Waals surface area contributed by atoms with Crippen LogP contribution in [0.5, 0.6) is 5.75 Å². The second kappa shape index (κ2) is 17.9. The molecule has 0 spiro atoms. The molecule has 3 aromatic heterocycles. The van der Waals surface area contributed by atoms with Gasteiger partial charge in [-0.15, -0.1) is 0 Å². The molecule has 318 valence electrons. The molecule has 9 rings (SSSR count). The average Bonchev–Trinajstić information content (AvgIpc) is 3.94. The number of carbonyl (C=O) groups is 1. The maximum absolute atomic E-state index is 14.7. The quantitative estimate of drug-likeness (QED) is 0.0776. The van der Waals surface area contributed by atoms with Crippen molar-refractivity contribution >= 4 is 50.2 Å². The summed E-state index contributed by atoms with van der Waals surface area (Å²) in [5.74, 6) is -0.0688. The highest BCUT2D eigenvalue weighted by atomic mass is 35.5. The third-order valence-corrected chi connectivity index (χ3v) is 12.1. The second-order valence-corrected chi connectivity index (χ2v) is 16.2. The number of halogens is 3. The summed E-state index contributed by atoms with van der Waals surface area (Å²) in [5.41, 5.74) is 8.51. The number of nitrogens with one attached hydrogen (secondary N) is 2. The summed E-state index contributed by atoms with van der Waals surface area (Å²) in [6, 6.07) is 31.3.